The average Bonchev–Trinajstić information content (AvgIpc) is 1.04. The average molecular weight is 1620 g/mol. The largest absolute Gasteiger partial charge is 0.577 e. The van der Waals surface area contributed by atoms with E-state index < -0.39 is 23.8 Å². The maximum absolute atomic E-state index is 7.75. The van der Waals surface area contributed by atoms with Crippen LogP contribution in [0.5, 0.6) is 0 Å². The summed E-state index contributed by atoms with van der Waals surface area (Å²) in [6.45, 7) is 16.9. The molecule has 0 atom stereocenters. The first-order valence-corrected chi connectivity index (χ1v) is 46.1. The molecule has 0 aliphatic carbocycles. The van der Waals surface area contributed by atoms with E-state index in [1.165, 1.54) is 84.7 Å². The Morgan fingerprint density at radius 1 is 0.204 bits per heavy atom. The third-order valence-corrected chi connectivity index (χ3v) is 29.8. The quantitative estimate of drug-likeness (QED) is 0.0372. The first-order chi connectivity index (χ1) is 48.5. The van der Waals surface area contributed by atoms with Crippen molar-refractivity contribution in [2.24, 2.45) is 0 Å². The van der Waals surface area contributed by atoms with Crippen molar-refractivity contribution < 1.29 is 39.4 Å². The SMILES string of the molecule is CCP(CC)c1ccccc1.CCP(CC)c1ccccc1.CCP(CC)c1ccccc1.[CH-]=O.[Cl][Ru+].[Cl][Ru+].[N-]=O.c1ccc(P(c2ccccc2)c2ccccc2)cc1.c1ccc(P(c2ccccc2)c2ccccc2)cc1.c1ccc(P(c2ccccc2)c2ccccc2)cc1. The van der Waals surface area contributed by atoms with Crippen LogP contribution in [0.25, 0.3) is 5.59 Å². The fraction of sp³-hybridized carbons (Fsp3) is 0.141. The molecule has 0 unspecified atom stereocenters. The molecule has 0 aliphatic rings. The van der Waals surface area contributed by atoms with Crippen LogP contribution < -0.4 is 63.7 Å². The minimum absolute atomic E-state index is 0.149. The molecule has 13 heteroatoms. The van der Waals surface area contributed by atoms with E-state index in [-0.39, 0.29) is 23.8 Å². The number of benzene rings is 12. The van der Waals surface area contributed by atoms with Crippen molar-refractivity contribution in [1.82, 2.24) is 0 Å². The van der Waals surface area contributed by atoms with Crippen LogP contribution in [0.1, 0.15) is 41.5 Å². The maximum atomic E-state index is 7.75. The van der Waals surface area contributed by atoms with Crippen LogP contribution in [-0.2, 0) is 39.4 Å². The van der Waals surface area contributed by atoms with E-state index in [2.05, 4.69) is 432 Å². The Bertz CT molecular complexity index is 3050. The van der Waals surface area contributed by atoms with Crippen molar-refractivity contribution in [2.75, 3.05) is 37.0 Å². The summed E-state index contributed by atoms with van der Waals surface area (Å²) in [7, 11) is 8.25. The third-order valence-electron chi connectivity index (χ3n) is 14.8. The van der Waals surface area contributed by atoms with E-state index in [1.807, 2.05) is 34.6 Å². The van der Waals surface area contributed by atoms with Crippen molar-refractivity contribution in [3.63, 3.8) is 0 Å². The zero-order valence-corrected chi connectivity index (χ0v) is 67.2. The van der Waals surface area contributed by atoms with E-state index >= 15 is 0 Å². The first-order valence-electron chi connectivity index (χ1n) is 32.4. The number of hydrogen-bond acceptors (Lipinski definition) is 2. The number of carbonyl (C=O) groups excluding carboxylic acids is 1. The molecule has 0 radical (unpaired) electrons. The van der Waals surface area contributed by atoms with Gasteiger partial charge < -0.3 is 15.3 Å². The number of rotatable bonds is 18. The fourth-order valence-electron chi connectivity index (χ4n) is 10.2. The number of hydrogen-bond donors (Lipinski definition) is 0. The van der Waals surface area contributed by atoms with Crippen molar-refractivity contribution in [3.05, 3.63) is 374 Å². The van der Waals surface area contributed by atoms with Gasteiger partial charge in [0, 0.05) is 0 Å². The fourth-order valence-corrected chi connectivity index (χ4v) is 22.4. The van der Waals surface area contributed by atoms with E-state index in [9.17, 15) is 0 Å². The Balaban J connectivity index is 0.000000305. The minimum atomic E-state index is -0.446. The second-order valence-electron chi connectivity index (χ2n) is 20.5. The molecule has 0 aromatic heterocycles. The molecular formula is C85H91Cl2NO2P6Ru2. The van der Waals surface area contributed by atoms with E-state index in [0.29, 0.717) is 0 Å². The molecule has 0 saturated heterocycles. The zero-order valence-electron chi connectivity index (χ0n) is 56.9. The topological polar surface area (TPSA) is 56.4 Å². The van der Waals surface area contributed by atoms with Gasteiger partial charge in [0.05, 0.1) is 0 Å². The Morgan fingerprint density at radius 2 is 0.286 bits per heavy atom. The van der Waals surface area contributed by atoms with Crippen LogP contribution in [0, 0.1) is 4.91 Å². The predicted octanol–water partition coefficient (Wildman–Crippen LogP) is 20.3. The Labute approximate surface area is 624 Å². The summed E-state index contributed by atoms with van der Waals surface area (Å²) in [5, 5.41) is 17.2. The summed E-state index contributed by atoms with van der Waals surface area (Å²) in [5.41, 5.74) is 5.75. The van der Waals surface area contributed by atoms with Gasteiger partial charge in [-0.1, -0.05) is 429 Å². The van der Waals surface area contributed by atoms with Gasteiger partial charge in [0.1, 0.15) is 0 Å². The Hall–Kier alpha value is -5.68. The van der Waals surface area contributed by atoms with Gasteiger partial charge in [-0.05, 0) is 124 Å². The van der Waals surface area contributed by atoms with E-state index in [4.69, 9.17) is 15.3 Å². The summed E-state index contributed by atoms with van der Waals surface area (Å²) in [6, 6.07) is 130. The number of nitroso groups, excluding NO2 is 1. The molecule has 0 amide bonds. The summed E-state index contributed by atoms with van der Waals surface area (Å²) in [5.74, 6) is 0. The summed E-state index contributed by atoms with van der Waals surface area (Å²) < 4.78 is 0. The van der Waals surface area contributed by atoms with Crippen LogP contribution in [-0.4, -0.2) is 43.8 Å². The second-order valence-corrected chi connectivity index (χ2v) is 35.8. The monoisotopic (exact) mass is 1620 g/mol. The van der Waals surface area contributed by atoms with Crippen molar-refractivity contribution in [1.29, 1.82) is 0 Å². The summed E-state index contributed by atoms with van der Waals surface area (Å²) in [4.78, 5) is 15.0. The van der Waals surface area contributed by atoms with Crippen molar-refractivity contribution in [3.8, 4) is 0 Å². The molecule has 98 heavy (non-hydrogen) atoms. The normalized spacial score (nSPS) is 9.88. The molecule has 0 N–H and O–H groups in total. The number of nitrogens with zero attached hydrogens (tertiary/aromatic N) is 1. The molecule has 0 bridgehead atoms. The molecule has 3 nitrogen and oxygen atoms in total. The minimum Gasteiger partial charge on any atom is -0.577 e. The van der Waals surface area contributed by atoms with Crippen LogP contribution >= 0.6 is 66.9 Å². The Kier molecular flexibility index (Phi) is 50.3. The smallest absolute Gasteiger partial charge is 0.0134 e. The van der Waals surface area contributed by atoms with Crippen LogP contribution in [0.2, 0.25) is 0 Å². The van der Waals surface area contributed by atoms with Crippen LogP contribution in [0.15, 0.2) is 364 Å². The maximum Gasteiger partial charge on any atom is -0.0134 e. The second kappa shape index (κ2) is 57.0. The van der Waals surface area contributed by atoms with Gasteiger partial charge in [0.15, 0.2) is 0 Å². The molecule has 0 spiro atoms. The van der Waals surface area contributed by atoms with E-state index in [0.717, 1.165) is 0 Å². The molecule has 0 aliphatic heterocycles. The zero-order chi connectivity index (χ0) is 71.1. The van der Waals surface area contributed by atoms with Crippen molar-refractivity contribution >= 4 is 137 Å². The third kappa shape index (κ3) is 31.9. The first kappa shape index (κ1) is 86.5. The molecule has 0 heterocycles. The summed E-state index contributed by atoms with van der Waals surface area (Å²) in [6.07, 6.45) is 7.89. The molecule has 0 fully saturated rings. The summed E-state index contributed by atoms with van der Waals surface area (Å²) >= 11 is 3.64. The van der Waals surface area contributed by atoms with Gasteiger partial charge in [0.2, 0.25) is 0 Å². The predicted molar refractivity (Wildman–Crippen MR) is 443 cm³/mol. The standard InChI is InChI=1S/3C18H15P.3C10H15P.CHO.2ClH.NO.2Ru/c3*1-4-10-16(11-5-1)19(17-12-6-2-7-13-17)18-14-8-3-9-15-18;3*1-3-11(4-2)10-8-6-5-7-9-10;1-2;;;1-2;;/h3*1-15H;3*5-9H,3-4H2,1-2H3;1H;2*1H;;;/q;;;;;;-1;;;-1;2*+2/p-2. The van der Waals surface area contributed by atoms with E-state index in [1.54, 1.807) is 15.9 Å². The van der Waals surface area contributed by atoms with Gasteiger partial charge >= 0.3 is 54.0 Å². The van der Waals surface area contributed by atoms with Gasteiger partial charge in [-0.3, -0.25) is 6.79 Å². The van der Waals surface area contributed by atoms with Gasteiger partial charge in [-0.25, -0.2) is 0 Å². The van der Waals surface area contributed by atoms with Gasteiger partial charge in [0.25, 0.3) is 0 Å². The van der Waals surface area contributed by atoms with Gasteiger partial charge in [-0.15, -0.1) is 0 Å². The number of halogens is 2. The molecule has 12 aromatic carbocycles. The molecule has 12 rings (SSSR count). The molecule has 508 valence electrons. The van der Waals surface area contributed by atoms with Crippen LogP contribution in [0.3, 0.4) is 0 Å². The van der Waals surface area contributed by atoms with Gasteiger partial charge in [-0.2, -0.15) is 0 Å². The molecule has 0 saturated carbocycles. The molecule has 12 aromatic rings. The molecular weight excluding hydrogens is 1530 g/mol. The Morgan fingerprint density at radius 3 is 0.367 bits per heavy atom. The van der Waals surface area contributed by atoms with Crippen LogP contribution in [0.4, 0.5) is 0 Å². The van der Waals surface area contributed by atoms with Crippen molar-refractivity contribution in [2.45, 2.75) is 41.5 Å².